The van der Waals surface area contributed by atoms with Crippen LogP contribution in [0.5, 0.6) is 0 Å². The first kappa shape index (κ1) is 17.8. The van der Waals surface area contributed by atoms with Gasteiger partial charge in [0.2, 0.25) is 0 Å². The third kappa shape index (κ3) is 227. The van der Waals surface area contributed by atoms with Crippen LogP contribution in [0.2, 0.25) is 0 Å². The zero-order chi connectivity index (χ0) is 8.08. The van der Waals surface area contributed by atoms with E-state index in [1.807, 2.05) is 0 Å². The summed E-state index contributed by atoms with van der Waals surface area (Å²) in [6.07, 6.45) is 0. The minimum atomic E-state index is -4.61. The van der Waals surface area contributed by atoms with Gasteiger partial charge in [-0.3, -0.25) is 0 Å². The molecule has 0 saturated heterocycles. The van der Waals surface area contributed by atoms with Gasteiger partial charge in [-0.1, -0.05) is 0 Å². The maximum atomic E-state index is 9.08. The van der Waals surface area contributed by atoms with Gasteiger partial charge < -0.3 is 19.2 Å². The average molecular weight is 274 g/mol. The van der Waals surface area contributed by atoms with Crippen LogP contribution in [-0.2, 0) is 33.3 Å². The van der Waals surface area contributed by atoms with Crippen molar-refractivity contribution in [3.8, 4) is 0 Å². The molecule has 0 heterocycles. The van der Waals surface area contributed by atoms with Gasteiger partial charge in [0, 0.05) is 0 Å². The summed E-state index contributed by atoms with van der Waals surface area (Å²) < 4.78 is 18.2. The van der Waals surface area contributed by atoms with Crippen LogP contribution < -0.4 is 0 Å². The first-order valence-electron chi connectivity index (χ1n) is 1.48. The van der Waals surface area contributed by atoms with Gasteiger partial charge in [-0.25, -0.2) is 0 Å². The van der Waals surface area contributed by atoms with Gasteiger partial charge >= 0.3 is 76.8 Å². The molecule has 0 aliphatic rings. The van der Waals surface area contributed by atoms with Crippen LogP contribution in [0, 0.1) is 0 Å². The predicted octanol–water partition coefficient (Wildman–Crippen LogP) is -2.64. The summed E-state index contributed by atoms with van der Waals surface area (Å²) in [6, 6.07) is 0. The molecule has 0 aliphatic heterocycles. The van der Waals surface area contributed by atoms with Crippen LogP contribution in [0.1, 0.15) is 0 Å². The fourth-order valence-corrected chi connectivity index (χ4v) is 0. The van der Waals surface area contributed by atoms with Crippen LogP contribution in [0.25, 0.3) is 0 Å². The van der Waals surface area contributed by atoms with Crippen LogP contribution in [0.3, 0.4) is 0 Å². The standard InChI is InChI=1S/Na.H4O4Si.O2P.Zr.H/c;1-5(2,3)4;1-3-2;;/h;1-4H;;;. The van der Waals surface area contributed by atoms with Gasteiger partial charge in [0.1, 0.15) is 0 Å². The van der Waals surface area contributed by atoms with Crippen LogP contribution in [0.4, 0.5) is 0 Å². The van der Waals surface area contributed by atoms with Crippen molar-refractivity contribution in [1.29, 1.82) is 0 Å². The maximum absolute atomic E-state index is 9.08. The third-order valence-corrected chi connectivity index (χ3v) is 0. The van der Waals surface area contributed by atoms with E-state index < -0.39 is 14.0 Å². The van der Waals surface area contributed by atoms with Crippen molar-refractivity contribution in [1.82, 2.24) is 0 Å². The Balaban J connectivity index is -0.0000000910. The molecule has 0 aliphatic carbocycles. The van der Waals surface area contributed by atoms with E-state index >= 15 is 0 Å². The van der Waals surface area contributed by atoms with Crippen LogP contribution in [0.15, 0.2) is 0 Å². The molecule has 0 unspecified atom stereocenters. The van der Waals surface area contributed by atoms with E-state index in [4.69, 9.17) is 28.3 Å². The van der Waals surface area contributed by atoms with Crippen LogP contribution >= 0.6 is 4.97 Å². The molecular formula is H5NaO6PSiZr. The van der Waals surface area contributed by atoms with Crippen molar-refractivity contribution >= 4 is 43.6 Å². The summed E-state index contributed by atoms with van der Waals surface area (Å²) in [6.45, 7) is 0. The summed E-state index contributed by atoms with van der Waals surface area (Å²) in [5.74, 6) is 0. The molecule has 0 aromatic carbocycles. The molecule has 6 nitrogen and oxygen atoms in total. The van der Waals surface area contributed by atoms with Gasteiger partial charge in [0.05, 0.1) is 0 Å². The van der Waals surface area contributed by atoms with Crippen molar-refractivity contribution in [2.24, 2.45) is 0 Å². The molecule has 0 rings (SSSR count). The van der Waals surface area contributed by atoms with E-state index in [0.29, 0.717) is 24.1 Å². The molecule has 55 valence electrons. The number of hydrogen-bond donors (Lipinski definition) is 4. The summed E-state index contributed by atoms with van der Waals surface area (Å²) in [4.78, 5) is 27.3. The first-order valence-corrected chi connectivity index (χ1v) is 7.75. The molecule has 10 heteroatoms. The van der Waals surface area contributed by atoms with E-state index in [-0.39, 0.29) is 29.6 Å². The minimum absolute atomic E-state index is 0. The fraction of sp³-hybridized carbons (Fsp3) is 0. The summed E-state index contributed by atoms with van der Waals surface area (Å²) in [7, 11) is -4.61. The Morgan fingerprint density at radius 2 is 1.10 bits per heavy atom. The van der Waals surface area contributed by atoms with Crippen LogP contribution in [-0.4, -0.2) is 57.8 Å². The van der Waals surface area contributed by atoms with Crippen molar-refractivity contribution in [2.45, 2.75) is 0 Å². The van der Waals surface area contributed by atoms with E-state index in [0.717, 1.165) is 0 Å². The molecule has 4 N–H and O–H groups in total. The van der Waals surface area contributed by atoms with Gasteiger partial charge in [0.15, 0.2) is 0 Å². The number of rotatable bonds is 0. The van der Waals surface area contributed by atoms with E-state index in [2.05, 4.69) is 0 Å². The van der Waals surface area contributed by atoms with Gasteiger partial charge in [-0.2, -0.15) is 0 Å². The SMILES string of the molecule is O=[P](=O)[Zr].O[Si](O)(O)O.[NaH]. The molecule has 0 saturated carbocycles. The summed E-state index contributed by atoms with van der Waals surface area (Å²) >= 11 is 0.590. The second kappa shape index (κ2) is 8.93. The Morgan fingerprint density at radius 3 is 1.10 bits per heavy atom. The van der Waals surface area contributed by atoms with E-state index in [1.54, 1.807) is 0 Å². The zero-order valence-electron chi connectivity index (χ0n) is 4.05. The molecule has 0 radical (unpaired) electrons. The monoisotopic (exact) mass is 273 g/mol. The molecule has 0 amide bonds. The van der Waals surface area contributed by atoms with Crippen molar-refractivity contribution in [3.05, 3.63) is 0 Å². The molecule has 0 aromatic heterocycles. The molecular weight excluding hydrogens is 269 g/mol. The normalized spacial score (nSPS) is 8.30. The predicted molar refractivity (Wildman–Crippen MR) is 30.1 cm³/mol. The molecule has 0 atom stereocenters. The molecule has 0 fully saturated rings. The first-order chi connectivity index (χ1) is 3.73. The third-order valence-electron chi connectivity index (χ3n) is 0. The topological polar surface area (TPSA) is 115 Å². The quantitative estimate of drug-likeness (QED) is 0.284. The number of hydrogen-bond acceptors (Lipinski definition) is 6. The Bertz CT molecular complexity index is 112. The van der Waals surface area contributed by atoms with Gasteiger partial charge in [-0.15, -0.1) is 0 Å². The zero-order valence-corrected chi connectivity index (χ0v) is 8.41. The summed E-state index contributed by atoms with van der Waals surface area (Å²) in [5, 5.41) is 0. The molecule has 0 bridgehead atoms. The van der Waals surface area contributed by atoms with E-state index in [9.17, 15) is 0 Å². The van der Waals surface area contributed by atoms with Crippen molar-refractivity contribution in [3.63, 3.8) is 0 Å². The Labute approximate surface area is 95.0 Å². The average Bonchev–Trinajstić information content (AvgIpc) is 1.19. The van der Waals surface area contributed by atoms with Crippen molar-refractivity contribution < 1.29 is 52.4 Å². The summed E-state index contributed by atoms with van der Waals surface area (Å²) in [5.41, 5.74) is 0. The molecule has 0 spiro atoms. The second-order valence-corrected chi connectivity index (χ2v) is 5.26. The van der Waals surface area contributed by atoms with Gasteiger partial charge in [-0.05, 0) is 0 Å². The fourth-order valence-electron chi connectivity index (χ4n) is 0. The second-order valence-electron chi connectivity index (χ2n) is 0.857. The van der Waals surface area contributed by atoms with Gasteiger partial charge in [0.25, 0.3) is 0 Å². The molecule has 10 heavy (non-hydrogen) atoms. The van der Waals surface area contributed by atoms with Crippen molar-refractivity contribution in [2.75, 3.05) is 0 Å². The Kier molecular flexibility index (Phi) is 15.9. The molecule has 0 aromatic rings. The van der Waals surface area contributed by atoms with E-state index in [1.165, 1.54) is 0 Å². The Hall–Kier alpha value is 1.84. The Morgan fingerprint density at radius 1 is 1.10 bits per heavy atom.